The average molecular weight is 619 g/mol. The SMILES string of the molecule is Cc1ncsc1-c1ccc([C@H](C)NC(=O)[C@@H]2C[C@@H](O)CN2C(=O)[C@@H](NC(=O)COCCOCCC(=O)O)C(C)(C)C)cc1. The van der Waals surface area contributed by atoms with Gasteiger partial charge in [0.1, 0.15) is 18.7 Å². The van der Waals surface area contributed by atoms with Crippen molar-refractivity contribution >= 4 is 35.0 Å². The zero-order valence-corrected chi connectivity index (χ0v) is 26.1. The fraction of sp³-hybridized carbons (Fsp3) is 0.567. The van der Waals surface area contributed by atoms with Crippen LogP contribution in [0.15, 0.2) is 29.8 Å². The molecule has 4 N–H and O–H groups in total. The fourth-order valence-corrected chi connectivity index (χ4v) is 5.57. The van der Waals surface area contributed by atoms with E-state index in [1.807, 2.05) is 38.1 Å². The first-order chi connectivity index (χ1) is 20.3. The van der Waals surface area contributed by atoms with E-state index in [2.05, 4.69) is 15.6 Å². The molecule has 1 saturated heterocycles. The van der Waals surface area contributed by atoms with Crippen LogP contribution < -0.4 is 10.6 Å². The monoisotopic (exact) mass is 618 g/mol. The van der Waals surface area contributed by atoms with Crippen LogP contribution in [-0.4, -0.2) is 94.9 Å². The number of carbonyl (C=O) groups excluding carboxylic acids is 3. The number of aliphatic hydroxyl groups is 1. The molecule has 1 aromatic carbocycles. The van der Waals surface area contributed by atoms with Crippen LogP contribution in [0.25, 0.3) is 10.4 Å². The van der Waals surface area contributed by atoms with Gasteiger partial charge in [-0.05, 0) is 30.4 Å². The van der Waals surface area contributed by atoms with Gasteiger partial charge in [0.05, 0.1) is 54.5 Å². The molecule has 3 rings (SSSR count). The summed E-state index contributed by atoms with van der Waals surface area (Å²) in [6.07, 6.45) is -0.915. The molecule has 2 heterocycles. The number of aryl methyl sites for hydroxylation is 1. The number of benzene rings is 1. The number of nitrogens with zero attached hydrogens (tertiary/aromatic N) is 2. The highest BCUT2D eigenvalue weighted by Gasteiger charge is 2.44. The van der Waals surface area contributed by atoms with Crippen LogP contribution in [-0.2, 0) is 28.7 Å². The Balaban J connectivity index is 1.59. The minimum Gasteiger partial charge on any atom is -0.481 e. The third-order valence-corrected chi connectivity index (χ3v) is 8.10. The lowest BCUT2D eigenvalue weighted by atomic mass is 9.85. The first kappa shape index (κ1) is 34.1. The molecule has 12 nitrogen and oxygen atoms in total. The Morgan fingerprint density at radius 2 is 1.77 bits per heavy atom. The van der Waals surface area contributed by atoms with Gasteiger partial charge < -0.3 is 35.2 Å². The number of rotatable bonds is 14. The largest absolute Gasteiger partial charge is 0.481 e. The van der Waals surface area contributed by atoms with Crippen molar-refractivity contribution < 1.29 is 38.9 Å². The topological polar surface area (TPSA) is 167 Å². The van der Waals surface area contributed by atoms with Gasteiger partial charge in [0.15, 0.2) is 0 Å². The summed E-state index contributed by atoms with van der Waals surface area (Å²) < 4.78 is 10.4. The number of aliphatic carboxylic acids is 1. The highest BCUT2D eigenvalue weighted by atomic mass is 32.1. The van der Waals surface area contributed by atoms with Crippen LogP contribution in [0.2, 0.25) is 0 Å². The zero-order valence-electron chi connectivity index (χ0n) is 25.3. The predicted molar refractivity (Wildman–Crippen MR) is 160 cm³/mol. The molecule has 236 valence electrons. The van der Waals surface area contributed by atoms with E-state index in [9.17, 15) is 24.3 Å². The van der Waals surface area contributed by atoms with Crippen molar-refractivity contribution in [3.05, 3.63) is 41.0 Å². The third kappa shape index (κ3) is 9.82. The highest BCUT2D eigenvalue weighted by molar-refractivity contribution is 7.13. The van der Waals surface area contributed by atoms with Crippen molar-refractivity contribution in [2.75, 3.05) is 33.0 Å². The number of nitrogens with one attached hydrogen (secondary N) is 2. The van der Waals surface area contributed by atoms with Crippen molar-refractivity contribution in [2.24, 2.45) is 5.41 Å². The second-order valence-electron chi connectivity index (χ2n) is 11.7. The van der Waals surface area contributed by atoms with Gasteiger partial charge in [-0.15, -0.1) is 11.3 Å². The molecule has 1 fully saturated rings. The maximum absolute atomic E-state index is 13.7. The van der Waals surface area contributed by atoms with E-state index in [0.717, 1.165) is 21.7 Å². The summed E-state index contributed by atoms with van der Waals surface area (Å²) in [6.45, 7) is 9.11. The minimum absolute atomic E-state index is 0.0270. The van der Waals surface area contributed by atoms with E-state index < -0.39 is 41.4 Å². The summed E-state index contributed by atoms with van der Waals surface area (Å²) in [5.41, 5.74) is 4.00. The van der Waals surface area contributed by atoms with Gasteiger partial charge in [-0.25, -0.2) is 4.98 Å². The van der Waals surface area contributed by atoms with Crippen LogP contribution in [0.5, 0.6) is 0 Å². The summed E-state index contributed by atoms with van der Waals surface area (Å²) in [7, 11) is 0. The van der Waals surface area contributed by atoms with Crippen LogP contribution in [0.4, 0.5) is 0 Å². The minimum atomic E-state index is -0.976. The molecule has 0 unspecified atom stereocenters. The van der Waals surface area contributed by atoms with Gasteiger partial charge in [-0.3, -0.25) is 19.2 Å². The molecule has 1 aliphatic rings. The number of aromatic nitrogens is 1. The van der Waals surface area contributed by atoms with E-state index in [4.69, 9.17) is 14.6 Å². The molecule has 13 heteroatoms. The Hall–Kier alpha value is -3.39. The Morgan fingerprint density at radius 1 is 1.09 bits per heavy atom. The van der Waals surface area contributed by atoms with Crippen LogP contribution >= 0.6 is 11.3 Å². The van der Waals surface area contributed by atoms with E-state index in [-0.39, 0.29) is 57.8 Å². The maximum Gasteiger partial charge on any atom is 0.305 e. The molecule has 0 aliphatic carbocycles. The standard InChI is InChI=1S/C30H42N4O8S/c1-18(20-6-8-21(9-7-20)26-19(2)31-17-43-26)32-28(39)23-14-22(35)15-34(23)29(40)27(30(3,4)5)33-24(36)16-42-13-12-41-11-10-25(37)38/h6-9,17-18,22-23,27,35H,10-16H2,1-5H3,(H,32,39)(H,33,36)(H,37,38)/t18-,22+,23-,27+/m0/s1. The molecule has 4 atom stereocenters. The number of hydrogen-bond donors (Lipinski definition) is 4. The second-order valence-corrected chi connectivity index (χ2v) is 12.5. The van der Waals surface area contributed by atoms with E-state index in [0.29, 0.717) is 0 Å². The number of carbonyl (C=O) groups is 4. The summed E-state index contributed by atoms with van der Waals surface area (Å²) in [5, 5.41) is 24.8. The van der Waals surface area contributed by atoms with Crippen molar-refractivity contribution in [1.29, 1.82) is 0 Å². The Kier molecular flexibility index (Phi) is 12.2. The quantitative estimate of drug-likeness (QED) is 0.232. The third-order valence-electron chi connectivity index (χ3n) is 7.13. The fourth-order valence-electron chi connectivity index (χ4n) is 4.76. The summed E-state index contributed by atoms with van der Waals surface area (Å²) in [6, 6.07) is 5.65. The first-order valence-corrected chi connectivity index (χ1v) is 15.1. The first-order valence-electron chi connectivity index (χ1n) is 14.2. The molecule has 3 amide bonds. The lowest BCUT2D eigenvalue weighted by molar-refractivity contribution is -0.144. The molecule has 0 bridgehead atoms. The normalized spacial score (nSPS) is 18.2. The number of carboxylic acid groups (broad SMARTS) is 1. The Labute approximate surface area is 255 Å². The summed E-state index contributed by atoms with van der Waals surface area (Å²) in [4.78, 5) is 57.0. The van der Waals surface area contributed by atoms with Crippen molar-refractivity contribution in [3.8, 4) is 10.4 Å². The molecule has 0 saturated carbocycles. The van der Waals surface area contributed by atoms with Crippen LogP contribution in [0.1, 0.15) is 57.8 Å². The van der Waals surface area contributed by atoms with Gasteiger partial charge in [0.2, 0.25) is 17.7 Å². The lowest BCUT2D eigenvalue weighted by Gasteiger charge is -2.35. The van der Waals surface area contributed by atoms with E-state index in [1.165, 1.54) is 4.90 Å². The van der Waals surface area contributed by atoms with Crippen molar-refractivity contribution in [3.63, 3.8) is 0 Å². The second kappa shape index (κ2) is 15.4. The zero-order chi connectivity index (χ0) is 31.7. The molecule has 0 spiro atoms. The molecule has 43 heavy (non-hydrogen) atoms. The van der Waals surface area contributed by atoms with Crippen LogP contribution in [0, 0.1) is 12.3 Å². The van der Waals surface area contributed by atoms with E-state index in [1.54, 1.807) is 37.6 Å². The van der Waals surface area contributed by atoms with Crippen molar-refractivity contribution in [2.45, 2.75) is 71.7 Å². The predicted octanol–water partition coefficient (Wildman–Crippen LogP) is 2.30. The Bertz CT molecular complexity index is 1260. The van der Waals surface area contributed by atoms with Gasteiger partial charge in [-0.1, -0.05) is 45.0 Å². The maximum atomic E-state index is 13.7. The number of ether oxygens (including phenoxy) is 2. The number of hydrogen-bond acceptors (Lipinski definition) is 9. The van der Waals surface area contributed by atoms with Gasteiger partial charge in [0.25, 0.3) is 0 Å². The highest BCUT2D eigenvalue weighted by Crippen LogP contribution is 2.29. The number of likely N-dealkylation sites (tertiary alicyclic amines) is 1. The molecule has 1 aliphatic heterocycles. The molecular formula is C30H42N4O8S. The summed E-state index contributed by atoms with van der Waals surface area (Å²) in [5.74, 6) is -2.34. The van der Waals surface area contributed by atoms with Gasteiger partial charge >= 0.3 is 5.97 Å². The lowest BCUT2D eigenvalue weighted by Crippen LogP contribution is -2.58. The molecule has 0 radical (unpaired) electrons. The number of carboxylic acids is 1. The molecule has 2 aromatic rings. The summed E-state index contributed by atoms with van der Waals surface area (Å²) >= 11 is 1.57. The Morgan fingerprint density at radius 3 is 2.37 bits per heavy atom. The number of amides is 3. The molecular weight excluding hydrogens is 576 g/mol. The molecule has 1 aromatic heterocycles. The smallest absolute Gasteiger partial charge is 0.305 e. The van der Waals surface area contributed by atoms with Gasteiger partial charge in [-0.2, -0.15) is 0 Å². The van der Waals surface area contributed by atoms with Gasteiger partial charge in [0, 0.05) is 13.0 Å². The van der Waals surface area contributed by atoms with Crippen LogP contribution in [0.3, 0.4) is 0 Å². The van der Waals surface area contributed by atoms with E-state index >= 15 is 0 Å². The van der Waals surface area contributed by atoms with Crippen molar-refractivity contribution in [1.82, 2.24) is 20.5 Å². The number of β-amino-alcohol motifs (C(OH)–C–C–N with tert-alkyl or cyclic N) is 1. The average Bonchev–Trinajstić information content (AvgIpc) is 3.55. The number of aliphatic hydroxyl groups excluding tert-OH is 1. The number of thiazole rings is 1.